The first-order valence-electron chi connectivity index (χ1n) is 9.87. The van der Waals surface area contributed by atoms with E-state index in [0.717, 1.165) is 23.3 Å². The lowest BCUT2D eigenvalue weighted by Crippen LogP contribution is -2.42. The van der Waals surface area contributed by atoms with Crippen LogP contribution in [-0.4, -0.2) is 36.6 Å². The zero-order chi connectivity index (χ0) is 21.1. The number of carbonyl (C=O) groups excluding carboxylic acids is 1. The van der Waals surface area contributed by atoms with Gasteiger partial charge in [0.05, 0.1) is 30.3 Å². The summed E-state index contributed by atoms with van der Waals surface area (Å²) in [7, 11) is -3.86. The van der Waals surface area contributed by atoms with Crippen molar-refractivity contribution in [3.8, 4) is 0 Å². The normalized spacial score (nSPS) is 17.0. The van der Waals surface area contributed by atoms with E-state index in [-0.39, 0.29) is 29.9 Å². The Morgan fingerprint density at radius 1 is 1.20 bits per heavy atom. The lowest BCUT2D eigenvalue weighted by molar-refractivity contribution is -0.132. The third kappa shape index (κ3) is 4.35. The molecule has 1 aliphatic heterocycles. The van der Waals surface area contributed by atoms with Gasteiger partial charge in [-0.1, -0.05) is 23.8 Å². The van der Waals surface area contributed by atoms with Crippen LogP contribution in [0, 0.1) is 6.92 Å². The molecule has 0 saturated carbocycles. The molecule has 3 heterocycles. The molecule has 1 aromatic carbocycles. The number of aryl methyl sites for hydroxylation is 1. The van der Waals surface area contributed by atoms with Gasteiger partial charge in [-0.3, -0.25) is 4.79 Å². The van der Waals surface area contributed by atoms with Crippen LogP contribution in [0.1, 0.15) is 35.1 Å². The molecule has 1 aliphatic rings. The van der Waals surface area contributed by atoms with Gasteiger partial charge in [-0.2, -0.15) is 4.31 Å². The zero-order valence-electron chi connectivity index (χ0n) is 16.7. The van der Waals surface area contributed by atoms with Crippen LogP contribution in [0.5, 0.6) is 0 Å². The molecule has 1 atom stereocenters. The third-order valence-corrected chi connectivity index (χ3v) is 8.11. The third-order valence-electron chi connectivity index (χ3n) is 5.33. The van der Waals surface area contributed by atoms with Gasteiger partial charge in [-0.25, -0.2) is 8.42 Å². The summed E-state index contributed by atoms with van der Waals surface area (Å²) >= 11 is 1.63. The number of amides is 1. The highest BCUT2D eigenvalue weighted by Crippen LogP contribution is 2.34. The number of sulfonamides is 1. The first-order valence-corrected chi connectivity index (χ1v) is 12.2. The van der Waals surface area contributed by atoms with Crippen molar-refractivity contribution >= 4 is 27.3 Å². The molecule has 1 unspecified atom stereocenters. The smallest absolute Gasteiger partial charge is 0.243 e. The number of hydrogen-bond donors (Lipinski definition) is 0. The molecule has 8 heteroatoms. The Balaban J connectivity index is 1.60. The zero-order valence-corrected chi connectivity index (χ0v) is 18.4. The van der Waals surface area contributed by atoms with Crippen LogP contribution in [0.4, 0.5) is 0 Å². The van der Waals surface area contributed by atoms with Gasteiger partial charge >= 0.3 is 0 Å². The van der Waals surface area contributed by atoms with Crippen molar-refractivity contribution in [2.75, 3.05) is 13.1 Å². The molecule has 3 aromatic rings. The second-order valence-corrected chi connectivity index (χ2v) is 10.3. The Hall–Kier alpha value is -2.42. The van der Waals surface area contributed by atoms with Crippen LogP contribution in [-0.2, 0) is 21.4 Å². The standard InChI is InChI=1S/C22H24N2O4S2/c1-17-8-10-19(11-9-17)30(26,27)23(15-18-5-3-13-28-18)16-22(25)24-12-2-6-20(24)21-7-4-14-29-21/h3-5,7-11,13-14,20H,2,6,12,15-16H2,1H3. The molecular weight excluding hydrogens is 420 g/mol. The summed E-state index contributed by atoms with van der Waals surface area (Å²) in [6, 6.07) is 14.1. The van der Waals surface area contributed by atoms with Crippen LogP contribution in [0.3, 0.4) is 0 Å². The lowest BCUT2D eigenvalue weighted by atomic mass is 10.2. The van der Waals surface area contributed by atoms with Crippen LogP contribution in [0.25, 0.3) is 0 Å². The van der Waals surface area contributed by atoms with Crippen LogP contribution in [0.2, 0.25) is 0 Å². The van der Waals surface area contributed by atoms with Crippen molar-refractivity contribution < 1.29 is 17.6 Å². The maximum absolute atomic E-state index is 13.3. The van der Waals surface area contributed by atoms with Crippen molar-refractivity contribution in [2.24, 2.45) is 0 Å². The van der Waals surface area contributed by atoms with E-state index in [0.29, 0.717) is 12.3 Å². The number of nitrogens with zero attached hydrogens (tertiary/aromatic N) is 2. The summed E-state index contributed by atoms with van der Waals surface area (Å²) in [5.74, 6) is 0.308. The minimum absolute atomic E-state index is 0.00641. The van der Waals surface area contributed by atoms with E-state index in [4.69, 9.17) is 4.42 Å². The Bertz CT molecular complexity index is 1070. The first kappa shape index (κ1) is 20.8. The van der Waals surface area contributed by atoms with E-state index in [1.54, 1.807) is 47.7 Å². The second kappa shape index (κ2) is 8.75. The van der Waals surface area contributed by atoms with Crippen molar-refractivity contribution in [3.05, 3.63) is 76.4 Å². The highest BCUT2D eigenvalue weighted by Gasteiger charge is 2.34. The molecule has 0 radical (unpaired) electrons. The van der Waals surface area contributed by atoms with Crippen molar-refractivity contribution in [2.45, 2.75) is 37.2 Å². The minimum Gasteiger partial charge on any atom is -0.468 e. The molecule has 4 rings (SSSR count). The Morgan fingerprint density at radius 2 is 2.00 bits per heavy atom. The van der Waals surface area contributed by atoms with Gasteiger partial charge < -0.3 is 9.32 Å². The summed E-state index contributed by atoms with van der Waals surface area (Å²) in [6.07, 6.45) is 3.31. The summed E-state index contributed by atoms with van der Waals surface area (Å²) in [5.41, 5.74) is 0.971. The van der Waals surface area contributed by atoms with Gasteiger partial charge in [0, 0.05) is 11.4 Å². The Kier molecular flexibility index (Phi) is 6.08. The number of furan rings is 1. The maximum atomic E-state index is 13.3. The van der Waals surface area contributed by atoms with Gasteiger partial charge in [0.2, 0.25) is 15.9 Å². The average molecular weight is 445 g/mol. The molecule has 6 nitrogen and oxygen atoms in total. The average Bonchev–Trinajstić information content (AvgIpc) is 3.48. The minimum atomic E-state index is -3.86. The van der Waals surface area contributed by atoms with Gasteiger partial charge in [0.25, 0.3) is 0 Å². The Morgan fingerprint density at radius 3 is 2.67 bits per heavy atom. The predicted molar refractivity (Wildman–Crippen MR) is 115 cm³/mol. The van der Waals surface area contributed by atoms with E-state index < -0.39 is 10.0 Å². The monoisotopic (exact) mass is 444 g/mol. The summed E-state index contributed by atoms with van der Waals surface area (Å²) < 4.78 is 33.3. The van der Waals surface area contributed by atoms with Gasteiger partial charge in [-0.05, 0) is 55.5 Å². The van der Waals surface area contributed by atoms with Crippen LogP contribution < -0.4 is 0 Å². The van der Waals surface area contributed by atoms with E-state index >= 15 is 0 Å². The number of rotatable bonds is 7. The fraction of sp³-hybridized carbons (Fsp3) is 0.318. The molecule has 1 fully saturated rings. The Labute approximate surface area is 180 Å². The molecule has 0 N–H and O–H groups in total. The van der Waals surface area contributed by atoms with E-state index in [9.17, 15) is 13.2 Å². The predicted octanol–water partition coefficient (Wildman–Crippen LogP) is 4.20. The second-order valence-electron chi connectivity index (χ2n) is 7.43. The van der Waals surface area contributed by atoms with E-state index in [1.165, 1.54) is 10.6 Å². The summed E-state index contributed by atoms with van der Waals surface area (Å²) in [6.45, 7) is 2.32. The van der Waals surface area contributed by atoms with Crippen LogP contribution in [0.15, 0.2) is 69.5 Å². The molecule has 0 bridgehead atoms. The van der Waals surface area contributed by atoms with E-state index in [1.807, 2.05) is 29.3 Å². The molecule has 0 spiro atoms. The summed E-state index contributed by atoms with van der Waals surface area (Å²) in [4.78, 5) is 16.3. The molecule has 158 valence electrons. The highest BCUT2D eigenvalue weighted by molar-refractivity contribution is 7.89. The summed E-state index contributed by atoms with van der Waals surface area (Å²) in [5, 5.41) is 2.00. The molecule has 2 aromatic heterocycles. The number of hydrogen-bond acceptors (Lipinski definition) is 5. The number of carbonyl (C=O) groups is 1. The fourth-order valence-corrected chi connectivity index (χ4v) is 5.97. The maximum Gasteiger partial charge on any atom is 0.243 e. The number of benzene rings is 1. The van der Waals surface area contributed by atoms with Gasteiger partial charge in [-0.15, -0.1) is 11.3 Å². The van der Waals surface area contributed by atoms with Crippen molar-refractivity contribution in [1.82, 2.24) is 9.21 Å². The SMILES string of the molecule is Cc1ccc(S(=O)(=O)N(CC(=O)N2CCCC2c2cccs2)Cc2ccco2)cc1. The van der Waals surface area contributed by atoms with E-state index in [2.05, 4.69) is 0 Å². The van der Waals surface area contributed by atoms with Crippen molar-refractivity contribution in [1.29, 1.82) is 0 Å². The molecular formula is C22H24N2O4S2. The topological polar surface area (TPSA) is 70.8 Å². The van der Waals surface area contributed by atoms with Crippen LogP contribution >= 0.6 is 11.3 Å². The van der Waals surface area contributed by atoms with Crippen molar-refractivity contribution in [3.63, 3.8) is 0 Å². The first-order chi connectivity index (χ1) is 14.4. The molecule has 30 heavy (non-hydrogen) atoms. The largest absolute Gasteiger partial charge is 0.468 e. The lowest BCUT2D eigenvalue weighted by Gasteiger charge is -2.27. The highest BCUT2D eigenvalue weighted by atomic mass is 32.2. The number of likely N-dealkylation sites (tertiary alicyclic amines) is 1. The molecule has 0 aliphatic carbocycles. The molecule has 1 amide bonds. The number of thiophene rings is 1. The fourth-order valence-electron chi connectivity index (χ4n) is 3.75. The quantitative estimate of drug-likeness (QED) is 0.547. The van der Waals surface area contributed by atoms with Gasteiger partial charge in [0.15, 0.2) is 0 Å². The van der Waals surface area contributed by atoms with Gasteiger partial charge in [0.1, 0.15) is 5.76 Å². The molecule has 1 saturated heterocycles.